The predicted molar refractivity (Wildman–Crippen MR) is 281 cm³/mol. The SMILES string of the molecule is CC/C=C\C/C=C\C/C=C\C/C=C\C/C=C\CCCCCC(=O)NC(COC1OC(CO)C(O)C(O)C1O)C(O)/C=C/CC/C=C/CCCCCCCCCCCCCCCCCCCCC. The van der Waals surface area contributed by atoms with Crippen LogP contribution in [0.2, 0.25) is 0 Å². The van der Waals surface area contributed by atoms with E-state index in [0.717, 1.165) is 70.6 Å². The molecule has 9 heteroatoms. The van der Waals surface area contributed by atoms with E-state index in [1.54, 1.807) is 6.08 Å². The summed E-state index contributed by atoms with van der Waals surface area (Å²) in [5.41, 5.74) is 0. The van der Waals surface area contributed by atoms with Crippen LogP contribution in [0.25, 0.3) is 0 Å². The third-order valence-electron chi connectivity index (χ3n) is 12.5. The van der Waals surface area contributed by atoms with Crippen LogP contribution < -0.4 is 5.32 Å². The monoisotopic (exact) mass is 940 g/mol. The maximum Gasteiger partial charge on any atom is 0.220 e. The molecule has 0 saturated carbocycles. The van der Waals surface area contributed by atoms with Gasteiger partial charge in [-0.05, 0) is 77.0 Å². The van der Waals surface area contributed by atoms with E-state index in [1.807, 2.05) is 6.08 Å². The summed E-state index contributed by atoms with van der Waals surface area (Å²) in [4.78, 5) is 13.0. The highest BCUT2D eigenvalue weighted by atomic mass is 16.7. The van der Waals surface area contributed by atoms with Gasteiger partial charge in [0.2, 0.25) is 5.91 Å². The first-order valence-corrected chi connectivity index (χ1v) is 27.3. The first-order valence-electron chi connectivity index (χ1n) is 27.3. The molecule has 67 heavy (non-hydrogen) atoms. The summed E-state index contributed by atoms with van der Waals surface area (Å²) in [5.74, 6) is -0.220. The van der Waals surface area contributed by atoms with Crippen LogP contribution >= 0.6 is 0 Å². The Hall–Kier alpha value is -2.63. The largest absolute Gasteiger partial charge is 0.394 e. The zero-order chi connectivity index (χ0) is 48.7. The van der Waals surface area contributed by atoms with Gasteiger partial charge >= 0.3 is 0 Å². The zero-order valence-corrected chi connectivity index (χ0v) is 42.6. The van der Waals surface area contributed by atoms with E-state index in [4.69, 9.17) is 9.47 Å². The van der Waals surface area contributed by atoms with Gasteiger partial charge in [0.15, 0.2) is 6.29 Å². The second-order valence-corrected chi connectivity index (χ2v) is 18.6. The second kappa shape index (κ2) is 47.1. The quantitative estimate of drug-likeness (QED) is 0.0261. The smallest absolute Gasteiger partial charge is 0.220 e. The van der Waals surface area contributed by atoms with Crippen molar-refractivity contribution < 1.29 is 39.8 Å². The number of hydrogen-bond donors (Lipinski definition) is 6. The second-order valence-electron chi connectivity index (χ2n) is 18.6. The molecule has 7 unspecified atom stereocenters. The number of hydrogen-bond acceptors (Lipinski definition) is 8. The maximum atomic E-state index is 13.0. The molecule has 0 aromatic rings. The lowest BCUT2D eigenvalue weighted by Crippen LogP contribution is -2.60. The summed E-state index contributed by atoms with van der Waals surface area (Å²) in [6.45, 7) is 3.63. The number of aliphatic hydroxyl groups is 5. The fourth-order valence-corrected chi connectivity index (χ4v) is 8.14. The molecule has 1 saturated heterocycles. The van der Waals surface area contributed by atoms with Crippen LogP contribution in [0.3, 0.4) is 0 Å². The van der Waals surface area contributed by atoms with Crippen LogP contribution in [0.1, 0.15) is 219 Å². The molecule has 1 rings (SSSR count). The van der Waals surface area contributed by atoms with Gasteiger partial charge < -0.3 is 40.3 Å². The van der Waals surface area contributed by atoms with E-state index in [1.165, 1.54) is 122 Å². The minimum absolute atomic E-state index is 0.219. The molecule has 1 aliphatic heterocycles. The Bertz CT molecular complexity index is 1320. The molecule has 0 bridgehead atoms. The normalized spacial score (nSPS) is 20.4. The summed E-state index contributed by atoms with van der Waals surface area (Å²) < 4.78 is 11.2. The Labute approximate surface area is 410 Å². The number of amides is 1. The number of carbonyl (C=O) groups is 1. The predicted octanol–water partition coefficient (Wildman–Crippen LogP) is 13.1. The van der Waals surface area contributed by atoms with E-state index >= 15 is 0 Å². The number of carbonyl (C=O) groups excluding carboxylic acids is 1. The first-order chi connectivity index (χ1) is 32.8. The third kappa shape index (κ3) is 36.9. The summed E-state index contributed by atoms with van der Waals surface area (Å²) in [5, 5.41) is 54.4. The lowest BCUT2D eigenvalue weighted by Gasteiger charge is -2.40. The van der Waals surface area contributed by atoms with E-state index in [9.17, 15) is 30.3 Å². The number of unbranched alkanes of at least 4 members (excludes halogenated alkanes) is 23. The van der Waals surface area contributed by atoms with Crippen LogP contribution in [0.15, 0.2) is 85.1 Å². The molecule has 1 amide bonds. The van der Waals surface area contributed by atoms with Gasteiger partial charge in [0.05, 0.1) is 25.4 Å². The summed E-state index contributed by atoms with van der Waals surface area (Å²) in [6, 6.07) is -0.845. The third-order valence-corrected chi connectivity index (χ3v) is 12.5. The van der Waals surface area contributed by atoms with Crippen LogP contribution in [-0.2, 0) is 14.3 Å². The minimum atomic E-state index is -1.58. The average Bonchev–Trinajstić information content (AvgIpc) is 3.33. The highest BCUT2D eigenvalue weighted by molar-refractivity contribution is 5.76. The molecule has 0 radical (unpaired) electrons. The molecule has 1 aliphatic rings. The van der Waals surface area contributed by atoms with Crippen molar-refractivity contribution in [3.8, 4) is 0 Å². The lowest BCUT2D eigenvalue weighted by molar-refractivity contribution is -0.302. The molecule has 0 aromatic carbocycles. The number of rotatable bonds is 45. The molecule has 7 atom stereocenters. The zero-order valence-electron chi connectivity index (χ0n) is 42.6. The van der Waals surface area contributed by atoms with E-state index in [0.29, 0.717) is 12.8 Å². The molecule has 0 aromatic heterocycles. The standard InChI is InChI=1S/C58H101NO8/c1-3-5-7-9-11-13-15-17-19-21-23-24-25-26-27-28-30-31-33-35-37-39-41-43-45-47-52(61)51(50-66-58-57(65)56(64)55(63)53(49-60)67-58)59-54(62)48-46-44-42-40-38-36-34-32-29-22-20-18-16-14-12-10-8-6-4-2/h6,8,12,14,18,20,29,32,36-39,45,47,51-53,55-58,60-61,63-65H,3-5,7,9-11,13,15-17,19,21-28,30-31,33-35,40-44,46,48-50H2,1-2H3,(H,59,62)/b8-6-,14-12-,20-18-,32-29-,38-36-,39-37+,47-45+. The Morgan fingerprint density at radius 1 is 0.522 bits per heavy atom. The van der Waals surface area contributed by atoms with Crippen molar-refractivity contribution in [3.05, 3.63) is 85.1 Å². The maximum absolute atomic E-state index is 13.0. The van der Waals surface area contributed by atoms with Gasteiger partial charge in [-0.15, -0.1) is 0 Å². The molecule has 0 spiro atoms. The number of ether oxygens (including phenoxy) is 2. The van der Waals surface area contributed by atoms with Crippen LogP contribution in [0.4, 0.5) is 0 Å². The Kier molecular flexibility index (Phi) is 43.8. The van der Waals surface area contributed by atoms with Gasteiger partial charge in [0.1, 0.15) is 24.4 Å². The van der Waals surface area contributed by atoms with E-state index in [2.05, 4.69) is 92.1 Å². The van der Waals surface area contributed by atoms with Gasteiger partial charge in [-0.25, -0.2) is 0 Å². The highest BCUT2D eigenvalue weighted by Crippen LogP contribution is 2.23. The first kappa shape index (κ1) is 62.4. The fraction of sp³-hybridized carbons (Fsp3) is 0.741. The fourth-order valence-electron chi connectivity index (χ4n) is 8.14. The van der Waals surface area contributed by atoms with E-state index < -0.39 is 49.5 Å². The topological polar surface area (TPSA) is 149 Å². The molecule has 1 heterocycles. The molecule has 9 nitrogen and oxygen atoms in total. The molecule has 0 aliphatic carbocycles. The number of nitrogens with one attached hydrogen (secondary N) is 1. The Morgan fingerprint density at radius 2 is 0.940 bits per heavy atom. The van der Waals surface area contributed by atoms with Crippen LogP contribution in [-0.4, -0.2) is 87.5 Å². The van der Waals surface area contributed by atoms with Crippen molar-refractivity contribution in [2.75, 3.05) is 13.2 Å². The van der Waals surface area contributed by atoms with Crippen molar-refractivity contribution in [2.24, 2.45) is 0 Å². The van der Waals surface area contributed by atoms with Crippen LogP contribution in [0, 0.1) is 0 Å². The summed E-state index contributed by atoms with van der Waals surface area (Å²) in [6.07, 6.45) is 59.3. The van der Waals surface area contributed by atoms with Crippen molar-refractivity contribution in [1.82, 2.24) is 5.32 Å². The molecule has 1 fully saturated rings. The average molecular weight is 940 g/mol. The molecular weight excluding hydrogens is 839 g/mol. The molecule has 6 N–H and O–H groups in total. The van der Waals surface area contributed by atoms with Crippen molar-refractivity contribution in [3.63, 3.8) is 0 Å². The van der Waals surface area contributed by atoms with Crippen molar-refractivity contribution >= 4 is 5.91 Å². The van der Waals surface area contributed by atoms with Crippen LogP contribution in [0.5, 0.6) is 0 Å². The number of allylic oxidation sites excluding steroid dienone is 13. The van der Waals surface area contributed by atoms with Gasteiger partial charge in [-0.3, -0.25) is 4.79 Å². The molecule has 386 valence electrons. The summed E-state index contributed by atoms with van der Waals surface area (Å²) in [7, 11) is 0. The lowest BCUT2D eigenvalue weighted by atomic mass is 9.99. The molecular formula is C58H101NO8. The Morgan fingerprint density at radius 3 is 1.43 bits per heavy atom. The summed E-state index contributed by atoms with van der Waals surface area (Å²) >= 11 is 0. The minimum Gasteiger partial charge on any atom is -0.394 e. The van der Waals surface area contributed by atoms with Gasteiger partial charge in [0, 0.05) is 6.42 Å². The van der Waals surface area contributed by atoms with Crippen molar-refractivity contribution in [2.45, 2.75) is 262 Å². The van der Waals surface area contributed by atoms with E-state index in [-0.39, 0.29) is 12.5 Å². The Balaban J connectivity index is 2.31. The number of aliphatic hydroxyl groups excluding tert-OH is 5. The van der Waals surface area contributed by atoms with Gasteiger partial charge in [0.25, 0.3) is 0 Å². The van der Waals surface area contributed by atoms with Gasteiger partial charge in [-0.2, -0.15) is 0 Å². The van der Waals surface area contributed by atoms with Gasteiger partial charge in [-0.1, -0.05) is 221 Å². The van der Waals surface area contributed by atoms with Crippen molar-refractivity contribution in [1.29, 1.82) is 0 Å². The highest BCUT2D eigenvalue weighted by Gasteiger charge is 2.44.